The van der Waals surface area contributed by atoms with Crippen molar-refractivity contribution in [2.24, 2.45) is 11.3 Å². The van der Waals surface area contributed by atoms with Gasteiger partial charge in [-0.05, 0) is 43.5 Å². The fourth-order valence-corrected chi connectivity index (χ4v) is 5.09. The summed E-state index contributed by atoms with van der Waals surface area (Å²) in [5, 5.41) is 3.69. The summed E-state index contributed by atoms with van der Waals surface area (Å²) in [6.45, 7) is 3.58. The van der Waals surface area contributed by atoms with E-state index in [1.807, 2.05) is 4.90 Å². The Morgan fingerprint density at radius 2 is 1.89 bits per heavy atom. The molecule has 0 unspecified atom stereocenters. The number of hydrogen-bond acceptors (Lipinski definition) is 3. The third-order valence-corrected chi connectivity index (χ3v) is 6.71. The highest BCUT2D eigenvalue weighted by Gasteiger charge is 2.51. The maximum Gasteiger partial charge on any atom is 0.256 e. The van der Waals surface area contributed by atoms with E-state index in [1.54, 1.807) is 4.90 Å². The van der Waals surface area contributed by atoms with Gasteiger partial charge in [0.05, 0.1) is 11.0 Å². The average molecular weight is 394 g/mol. The van der Waals surface area contributed by atoms with Crippen molar-refractivity contribution in [3.63, 3.8) is 0 Å². The van der Waals surface area contributed by atoms with Gasteiger partial charge in [0.25, 0.3) is 5.91 Å². The van der Waals surface area contributed by atoms with Gasteiger partial charge in [0.15, 0.2) is 0 Å². The van der Waals surface area contributed by atoms with Crippen LogP contribution in [0.2, 0.25) is 5.02 Å². The smallest absolute Gasteiger partial charge is 0.256 e. The van der Waals surface area contributed by atoms with Crippen molar-refractivity contribution in [2.75, 3.05) is 39.3 Å². The second kappa shape index (κ2) is 7.40. The van der Waals surface area contributed by atoms with Crippen molar-refractivity contribution in [1.82, 2.24) is 15.1 Å². The monoisotopic (exact) mass is 393 g/mol. The molecule has 0 spiro atoms. The molecule has 146 valence electrons. The summed E-state index contributed by atoms with van der Waals surface area (Å²) in [6, 6.07) is 4.10. The minimum Gasteiger partial charge on any atom is -0.339 e. The number of fused-ring (bicyclic) bond motifs is 1. The molecule has 3 aliphatic rings. The zero-order valence-electron chi connectivity index (χ0n) is 15.3. The molecule has 1 N–H and O–H groups in total. The van der Waals surface area contributed by atoms with Crippen LogP contribution in [0.25, 0.3) is 0 Å². The second-order valence-corrected chi connectivity index (χ2v) is 8.37. The number of carbonyl (C=O) groups excluding carboxylic acids is 2. The van der Waals surface area contributed by atoms with E-state index in [4.69, 9.17) is 11.6 Å². The van der Waals surface area contributed by atoms with Crippen LogP contribution >= 0.6 is 11.6 Å². The number of nitrogens with zero attached hydrogens (tertiary/aromatic N) is 2. The second-order valence-electron chi connectivity index (χ2n) is 7.94. The van der Waals surface area contributed by atoms with Crippen LogP contribution in [0.3, 0.4) is 0 Å². The first-order valence-electron chi connectivity index (χ1n) is 9.76. The van der Waals surface area contributed by atoms with Gasteiger partial charge in [-0.15, -0.1) is 0 Å². The minimum atomic E-state index is -0.605. The standard InChI is InChI=1S/C20H25ClFN3O2/c21-15-4-5-16(17(22)11-15)18(26)24-7-9-25(10-8-24)19(27)20-6-2-1-3-14(20)12-23-13-20/h4-5,11,14,23H,1-3,6-10,12-13H2/t14-,20+/m0/s1. The Bertz CT molecular complexity index is 751. The van der Waals surface area contributed by atoms with Crippen LogP contribution in [0.4, 0.5) is 4.39 Å². The minimum absolute atomic E-state index is 0.0325. The van der Waals surface area contributed by atoms with Crippen LogP contribution in [-0.4, -0.2) is 60.9 Å². The number of nitrogens with one attached hydrogen (secondary N) is 1. The lowest BCUT2D eigenvalue weighted by Gasteiger charge is -2.43. The number of hydrogen-bond donors (Lipinski definition) is 1. The Kier molecular flexibility index (Phi) is 5.12. The van der Waals surface area contributed by atoms with E-state index in [0.717, 1.165) is 38.4 Å². The Morgan fingerprint density at radius 3 is 2.63 bits per heavy atom. The van der Waals surface area contributed by atoms with E-state index in [-0.39, 0.29) is 27.8 Å². The molecule has 2 amide bonds. The summed E-state index contributed by atoms with van der Waals surface area (Å²) in [5.74, 6) is -0.275. The lowest BCUT2D eigenvalue weighted by Crippen LogP contribution is -2.56. The first-order valence-corrected chi connectivity index (χ1v) is 10.1. The van der Waals surface area contributed by atoms with Gasteiger partial charge in [-0.3, -0.25) is 9.59 Å². The van der Waals surface area contributed by atoms with Gasteiger partial charge in [-0.2, -0.15) is 0 Å². The molecule has 27 heavy (non-hydrogen) atoms. The molecule has 1 saturated carbocycles. The van der Waals surface area contributed by atoms with Gasteiger partial charge in [0.2, 0.25) is 5.91 Å². The number of benzene rings is 1. The van der Waals surface area contributed by atoms with E-state index in [1.165, 1.54) is 18.6 Å². The van der Waals surface area contributed by atoms with Crippen molar-refractivity contribution < 1.29 is 14.0 Å². The SMILES string of the molecule is O=C(c1ccc(Cl)cc1F)N1CCN(C(=O)[C@@]23CCCC[C@H]2CNC3)CC1. The highest BCUT2D eigenvalue weighted by molar-refractivity contribution is 6.30. The lowest BCUT2D eigenvalue weighted by molar-refractivity contribution is -0.146. The fraction of sp³-hybridized carbons (Fsp3) is 0.600. The number of carbonyl (C=O) groups is 2. The third-order valence-electron chi connectivity index (χ3n) is 6.48. The topological polar surface area (TPSA) is 52.7 Å². The lowest BCUT2D eigenvalue weighted by atomic mass is 9.67. The number of amides is 2. The van der Waals surface area contributed by atoms with Crippen LogP contribution in [0.5, 0.6) is 0 Å². The fourth-order valence-electron chi connectivity index (χ4n) is 4.93. The van der Waals surface area contributed by atoms with Crippen molar-refractivity contribution in [2.45, 2.75) is 25.7 Å². The Labute approximate surface area is 163 Å². The maximum absolute atomic E-state index is 14.0. The summed E-state index contributed by atoms with van der Waals surface area (Å²) < 4.78 is 14.0. The predicted molar refractivity (Wildman–Crippen MR) is 101 cm³/mol. The average Bonchev–Trinajstić information content (AvgIpc) is 3.12. The highest BCUT2D eigenvalue weighted by Crippen LogP contribution is 2.45. The Hall–Kier alpha value is -1.66. The van der Waals surface area contributed by atoms with E-state index in [2.05, 4.69) is 5.32 Å². The van der Waals surface area contributed by atoms with Gasteiger partial charge in [-0.1, -0.05) is 24.4 Å². The van der Waals surface area contributed by atoms with Gasteiger partial charge in [-0.25, -0.2) is 4.39 Å². The molecule has 0 bridgehead atoms. The molecule has 5 nitrogen and oxygen atoms in total. The van der Waals surface area contributed by atoms with Crippen LogP contribution in [0, 0.1) is 17.2 Å². The largest absolute Gasteiger partial charge is 0.339 e. The first-order chi connectivity index (χ1) is 13.0. The zero-order chi connectivity index (χ0) is 19.0. The van der Waals surface area contributed by atoms with Crippen LogP contribution in [0.1, 0.15) is 36.0 Å². The van der Waals surface area contributed by atoms with Crippen LogP contribution in [0.15, 0.2) is 18.2 Å². The molecule has 1 aliphatic carbocycles. The molecule has 3 fully saturated rings. The molecule has 0 radical (unpaired) electrons. The summed E-state index contributed by atoms with van der Waals surface area (Å²) in [4.78, 5) is 29.5. The molecule has 2 atom stereocenters. The van der Waals surface area contributed by atoms with Crippen molar-refractivity contribution >= 4 is 23.4 Å². The summed E-state index contributed by atoms with van der Waals surface area (Å²) >= 11 is 5.76. The van der Waals surface area contributed by atoms with E-state index < -0.39 is 5.82 Å². The van der Waals surface area contributed by atoms with Gasteiger partial charge >= 0.3 is 0 Å². The van der Waals surface area contributed by atoms with E-state index in [0.29, 0.717) is 32.1 Å². The van der Waals surface area contributed by atoms with Crippen molar-refractivity contribution in [1.29, 1.82) is 0 Å². The molecule has 4 rings (SSSR count). The van der Waals surface area contributed by atoms with Gasteiger partial charge in [0.1, 0.15) is 5.82 Å². The molecule has 7 heteroatoms. The quantitative estimate of drug-likeness (QED) is 0.840. The molecule has 2 aliphatic heterocycles. The predicted octanol–water partition coefficient (Wildman–Crippen LogP) is 2.54. The molecular weight excluding hydrogens is 369 g/mol. The molecule has 1 aromatic carbocycles. The van der Waals surface area contributed by atoms with Crippen molar-refractivity contribution in [3.8, 4) is 0 Å². The van der Waals surface area contributed by atoms with E-state index in [9.17, 15) is 14.0 Å². The van der Waals surface area contributed by atoms with Crippen LogP contribution in [-0.2, 0) is 4.79 Å². The maximum atomic E-state index is 14.0. The Balaban J connectivity index is 1.41. The summed E-state index contributed by atoms with van der Waals surface area (Å²) in [5.41, 5.74) is -0.225. The normalized spacial score (nSPS) is 28.1. The number of rotatable bonds is 2. The zero-order valence-corrected chi connectivity index (χ0v) is 16.1. The van der Waals surface area contributed by atoms with Crippen molar-refractivity contribution in [3.05, 3.63) is 34.6 Å². The number of piperazine rings is 1. The summed E-state index contributed by atoms with van der Waals surface area (Å²) in [6.07, 6.45) is 4.39. The highest BCUT2D eigenvalue weighted by atomic mass is 35.5. The summed E-state index contributed by atoms with van der Waals surface area (Å²) in [7, 11) is 0. The Morgan fingerprint density at radius 1 is 1.15 bits per heavy atom. The molecule has 1 aromatic rings. The van der Waals surface area contributed by atoms with Gasteiger partial charge < -0.3 is 15.1 Å². The molecular formula is C20H25ClFN3O2. The molecule has 2 heterocycles. The van der Waals surface area contributed by atoms with Crippen LogP contribution < -0.4 is 5.32 Å². The first kappa shape index (κ1) is 18.7. The van der Waals surface area contributed by atoms with E-state index >= 15 is 0 Å². The number of halogens is 2. The molecule has 2 saturated heterocycles. The third kappa shape index (κ3) is 3.34. The van der Waals surface area contributed by atoms with Gasteiger partial charge in [0, 0.05) is 37.7 Å². The molecule has 0 aromatic heterocycles.